The third-order valence-electron chi connectivity index (χ3n) is 13.9. The van der Waals surface area contributed by atoms with Gasteiger partial charge in [-0.3, -0.25) is 4.79 Å². The summed E-state index contributed by atoms with van der Waals surface area (Å²) in [5, 5.41) is 4.18. The Balaban J connectivity index is 1.21. The molecule has 3 fully saturated rings. The Morgan fingerprint density at radius 1 is 0.898 bits per heavy atom. The van der Waals surface area contributed by atoms with Gasteiger partial charge in [0, 0.05) is 42.6 Å². The van der Waals surface area contributed by atoms with Gasteiger partial charge in [-0.2, -0.15) is 0 Å². The van der Waals surface area contributed by atoms with Gasteiger partial charge in [0.15, 0.2) is 0 Å². The van der Waals surface area contributed by atoms with Gasteiger partial charge < -0.3 is 21.7 Å². The van der Waals surface area contributed by atoms with E-state index in [1.165, 1.54) is 70.6 Å². The van der Waals surface area contributed by atoms with Gasteiger partial charge in [0.25, 0.3) is 0 Å². The van der Waals surface area contributed by atoms with Gasteiger partial charge in [-0.1, -0.05) is 87.1 Å². The van der Waals surface area contributed by atoms with Crippen LogP contribution in [-0.2, 0) is 4.79 Å². The van der Waals surface area contributed by atoms with E-state index < -0.39 is 0 Å². The van der Waals surface area contributed by atoms with Crippen molar-refractivity contribution in [3.8, 4) is 0 Å². The molecule has 3 unspecified atom stereocenters. The van der Waals surface area contributed by atoms with Crippen molar-refractivity contribution >= 4 is 27.5 Å². The van der Waals surface area contributed by atoms with Crippen LogP contribution in [0.2, 0.25) is 0 Å². The molecule has 10 atom stereocenters. The Morgan fingerprint density at radius 3 is 2.41 bits per heavy atom. The Hall–Kier alpha value is -0.210. The molecule has 0 bridgehead atoms. The van der Waals surface area contributed by atoms with Crippen molar-refractivity contribution in [1.29, 1.82) is 0 Å². The van der Waals surface area contributed by atoms with Crippen LogP contribution < -0.4 is 16.8 Å². The molecule has 0 radical (unpaired) electrons. The highest BCUT2D eigenvalue weighted by Gasteiger charge is 2.59. The molecule has 0 aliphatic heterocycles. The minimum absolute atomic E-state index is 0.128. The second kappa shape index (κ2) is 19.7. The highest BCUT2D eigenvalue weighted by atomic mass is 33.1. The number of nitrogens with zero attached hydrogens (tertiary/aromatic N) is 1. The van der Waals surface area contributed by atoms with Crippen molar-refractivity contribution < 1.29 is 4.79 Å². The lowest BCUT2D eigenvalue weighted by Gasteiger charge is -2.58. The number of carbonyl (C=O) groups is 1. The van der Waals surface area contributed by atoms with Gasteiger partial charge in [-0.25, -0.2) is 0 Å². The molecule has 1 amide bonds. The first-order chi connectivity index (χ1) is 23.3. The van der Waals surface area contributed by atoms with E-state index in [0.717, 1.165) is 93.1 Å². The van der Waals surface area contributed by atoms with Crippen molar-refractivity contribution in [3.63, 3.8) is 0 Å². The molecule has 5 N–H and O–H groups in total. The van der Waals surface area contributed by atoms with Crippen molar-refractivity contribution in [2.45, 2.75) is 169 Å². The molecule has 4 aliphatic rings. The predicted molar refractivity (Wildman–Crippen MR) is 217 cm³/mol. The first-order valence-electron chi connectivity index (χ1n) is 20.8. The quantitative estimate of drug-likeness (QED) is 0.0623. The number of fused-ring (bicyclic) bond motifs is 5. The molecule has 284 valence electrons. The Labute approximate surface area is 311 Å². The first-order valence-corrected chi connectivity index (χ1v) is 23.2. The van der Waals surface area contributed by atoms with Crippen molar-refractivity contribution in [2.75, 3.05) is 31.9 Å². The van der Waals surface area contributed by atoms with Crippen LogP contribution >= 0.6 is 21.6 Å². The molecule has 49 heavy (non-hydrogen) atoms. The number of amides is 1. The van der Waals surface area contributed by atoms with Gasteiger partial charge in [0.05, 0.1) is 0 Å². The van der Waals surface area contributed by atoms with Gasteiger partial charge in [-0.05, 0) is 150 Å². The smallest absolute Gasteiger partial charge is 0.223 e. The number of carbonyl (C=O) groups excluding carboxylic acids is 1. The number of nitrogens with one attached hydrogen (secondary N) is 1. The third-order valence-corrected chi connectivity index (χ3v) is 16.8. The SMILES string of the molecule is CC(C)CCCC(C)[C@H]1CC[C@H]2[C@@H]3CC=C4C[C@@H](SSCCC(=O)N(CCCCNCCC(C)N)CCC(C)N)CC[C@]4(C)[C@H]3CC[C@]12C. The number of rotatable bonds is 21. The fraction of sp³-hybridized carbons (Fsp3) is 0.929. The molecule has 0 heterocycles. The maximum atomic E-state index is 13.3. The molecule has 0 aromatic rings. The minimum Gasteiger partial charge on any atom is -0.343 e. The molecule has 3 saturated carbocycles. The monoisotopic (exact) mass is 719 g/mol. The summed E-state index contributed by atoms with van der Waals surface area (Å²) < 4.78 is 0. The summed E-state index contributed by atoms with van der Waals surface area (Å²) in [4.78, 5) is 15.3. The molecular weight excluding hydrogens is 641 g/mol. The third kappa shape index (κ3) is 11.4. The zero-order valence-electron chi connectivity index (χ0n) is 32.9. The number of hydrogen-bond donors (Lipinski definition) is 3. The standard InChI is InChI=1S/C42H78N4OS2/c1-30(2)11-10-12-31(3)37-15-16-38-36-14-13-34-29-35(17-22-41(34,6)39(36)18-23-42(37,38)7)49-48-28-21-40(47)46(27-20-33(5)44)26-9-8-24-45-25-19-32(4)43/h13,30-33,35-39,45H,8-12,14-29,43-44H2,1-7H3/t31?,32?,33?,35-,36-,37+,38-,39-,41-,42+/m0/s1. The number of unbranched alkanes of at least 4 members (excludes halogenated alkanes) is 1. The van der Waals surface area contributed by atoms with Crippen molar-refractivity contribution in [3.05, 3.63) is 11.6 Å². The Kier molecular flexibility index (Phi) is 16.7. The van der Waals surface area contributed by atoms with Crippen LogP contribution in [-0.4, -0.2) is 60.1 Å². The van der Waals surface area contributed by atoms with Crippen LogP contribution in [0.4, 0.5) is 0 Å². The lowest BCUT2D eigenvalue weighted by molar-refractivity contribution is -0.130. The van der Waals surface area contributed by atoms with Gasteiger partial charge in [-0.15, -0.1) is 0 Å². The topological polar surface area (TPSA) is 84.4 Å². The molecular formula is C42H78N4OS2. The molecule has 4 rings (SSSR count). The molecule has 7 heteroatoms. The number of hydrogen-bond acceptors (Lipinski definition) is 6. The summed E-state index contributed by atoms with van der Waals surface area (Å²) in [6.45, 7) is 20.4. The summed E-state index contributed by atoms with van der Waals surface area (Å²) in [5.41, 5.74) is 14.7. The minimum atomic E-state index is 0.128. The van der Waals surface area contributed by atoms with Gasteiger partial charge in [0.2, 0.25) is 5.91 Å². The molecule has 0 saturated heterocycles. The Bertz CT molecular complexity index is 1030. The molecule has 0 spiro atoms. The fourth-order valence-electron chi connectivity index (χ4n) is 10.9. The van der Waals surface area contributed by atoms with E-state index in [-0.39, 0.29) is 12.1 Å². The van der Waals surface area contributed by atoms with Crippen LogP contribution in [0.15, 0.2) is 11.6 Å². The van der Waals surface area contributed by atoms with Crippen molar-refractivity contribution in [2.24, 2.45) is 57.8 Å². The average molecular weight is 719 g/mol. The Morgan fingerprint density at radius 2 is 1.67 bits per heavy atom. The molecule has 0 aromatic carbocycles. The van der Waals surface area contributed by atoms with Crippen LogP contribution in [0.3, 0.4) is 0 Å². The zero-order chi connectivity index (χ0) is 35.6. The summed E-state index contributed by atoms with van der Waals surface area (Å²) in [6, 6.07) is 0.375. The second-order valence-electron chi connectivity index (χ2n) is 18.2. The van der Waals surface area contributed by atoms with E-state index in [1.54, 1.807) is 5.57 Å². The summed E-state index contributed by atoms with van der Waals surface area (Å²) >= 11 is 0. The second-order valence-corrected chi connectivity index (χ2v) is 21.0. The fourth-order valence-corrected chi connectivity index (χ4v) is 13.5. The van der Waals surface area contributed by atoms with Crippen LogP contribution in [0.25, 0.3) is 0 Å². The lowest BCUT2D eigenvalue weighted by Crippen LogP contribution is -2.50. The summed E-state index contributed by atoms with van der Waals surface area (Å²) in [5.74, 6) is 6.62. The van der Waals surface area contributed by atoms with E-state index >= 15 is 0 Å². The number of allylic oxidation sites excluding steroid dienone is 2. The molecule has 0 aromatic heterocycles. The van der Waals surface area contributed by atoms with Gasteiger partial charge in [0.1, 0.15) is 0 Å². The maximum absolute atomic E-state index is 13.3. The molecule has 5 nitrogen and oxygen atoms in total. The first kappa shape index (κ1) is 41.5. The van der Waals surface area contributed by atoms with Crippen molar-refractivity contribution in [1.82, 2.24) is 10.2 Å². The normalized spacial score (nSPS) is 32.9. The number of nitrogens with two attached hydrogens (primary N) is 2. The maximum Gasteiger partial charge on any atom is 0.223 e. The van der Waals surface area contributed by atoms with Crippen LogP contribution in [0, 0.1) is 46.3 Å². The van der Waals surface area contributed by atoms with Crippen LogP contribution in [0.5, 0.6) is 0 Å². The van der Waals surface area contributed by atoms with E-state index in [1.807, 2.05) is 17.7 Å². The molecule has 4 aliphatic carbocycles. The van der Waals surface area contributed by atoms with E-state index in [0.29, 0.717) is 28.4 Å². The predicted octanol–water partition coefficient (Wildman–Crippen LogP) is 9.84. The lowest BCUT2D eigenvalue weighted by atomic mass is 9.47. The van der Waals surface area contributed by atoms with E-state index in [2.05, 4.69) is 68.6 Å². The van der Waals surface area contributed by atoms with E-state index in [9.17, 15) is 4.79 Å². The van der Waals surface area contributed by atoms with E-state index in [4.69, 9.17) is 11.5 Å². The van der Waals surface area contributed by atoms with Crippen LogP contribution in [0.1, 0.15) is 151 Å². The van der Waals surface area contributed by atoms with Gasteiger partial charge >= 0.3 is 0 Å². The average Bonchev–Trinajstić information content (AvgIpc) is 3.40. The zero-order valence-corrected chi connectivity index (χ0v) is 34.6. The highest BCUT2D eigenvalue weighted by Crippen LogP contribution is 2.67. The summed E-state index contributed by atoms with van der Waals surface area (Å²) in [6.07, 6.45) is 22.8. The summed E-state index contributed by atoms with van der Waals surface area (Å²) in [7, 11) is 4.03. The largest absolute Gasteiger partial charge is 0.343 e. The highest BCUT2D eigenvalue weighted by molar-refractivity contribution is 8.76.